The van der Waals surface area contributed by atoms with Crippen molar-refractivity contribution in [2.24, 2.45) is 0 Å². The molecule has 2 N–H and O–H groups in total. The first-order valence-electron chi connectivity index (χ1n) is 5.97. The van der Waals surface area contributed by atoms with Crippen LogP contribution in [0.3, 0.4) is 0 Å². The van der Waals surface area contributed by atoms with Crippen LogP contribution in [-0.2, 0) is 4.79 Å². The fraction of sp³-hybridized carbons (Fsp3) is 0.286. The average molecular weight is 261 g/mol. The third kappa shape index (κ3) is 4.83. The van der Waals surface area contributed by atoms with Crippen molar-refractivity contribution in [1.82, 2.24) is 10.2 Å². The van der Waals surface area contributed by atoms with Gasteiger partial charge < -0.3 is 15.5 Å². The first kappa shape index (κ1) is 14.8. The normalized spacial score (nSPS) is 9.58. The van der Waals surface area contributed by atoms with Gasteiger partial charge in [-0.15, -0.1) is 6.58 Å². The molecule has 0 spiro atoms. The largest absolute Gasteiger partial charge is 0.376 e. The van der Waals surface area contributed by atoms with Gasteiger partial charge in [-0.2, -0.15) is 0 Å². The van der Waals surface area contributed by atoms with E-state index in [-0.39, 0.29) is 18.4 Å². The Morgan fingerprint density at radius 3 is 2.74 bits per heavy atom. The molecule has 0 atom stereocenters. The van der Waals surface area contributed by atoms with E-state index in [2.05, 4.69) is 17.2 Å². The van der Waals surface area contributed by atoms with Gasteiger partial charge in [0.05, 0.1) is 6.54 Å². The summed E-state index contributed by atoms with van der Waals surface area (Å²) in [6.07, 6.45) is 1.62. The lowest BCUT2D eigenvalue weighted by atomic mass is 10.2. The maximum Gasteiger partial charge on any atom is 0.253 e. The number of hydrogen-bond donors (Lipinski definition) is 2. The van der Waals surface area contributed by atoms with Crippen LogP contribution in [0.2, 0.25) is 0 Å². The Morgan fingerprint density at radius 1 is 1.37 bits per heavy atom. The highest BCUT2D eigenvalue weighted by atomic mass is 16.2. The molecule has 0 aliphatic carbocycles. The molecule has 0 aliphatic heterocycles. The van der Waals surface area contributed by atoms with Gasteiger partial charge in [-0.1, -0.05) is 12.1 Å². The topological polar surface area (TPSA) is 61.4 Å². The number of carbonyl (C=O) groups excluding carboxylic acids is 2. The Kier molecular flexibility index (Phi) is 5.60. The molecule has 0 bridgehead atoms. The second kappa shape index (κ2) is 7.20. The smallest absolute Gasteiger partial charge is 0.253 e. The van der Waals surface area contributed by atoms with Crippen molar-refractivity contribution >= 4 is 17.5 Å². The van der Waals surface area contributed by atoms with Gasteiger partial charge in [-0.05, 0) is 18.2 Å². The van der Waals surface area contributed by atoms with Gasteiger partial charge in [0.15, 0.2) is 0 Å². The molecule has 1 aromatic rings. The average Bonchev–Trinajstić information content (AvgIpc) is 2.42. The third-order valence-corrected chi connectivity index (χ3v) is 2.41. The van der Waals surface area contributed by atoms with Crippen LogP contribution < -0.4 is 10.6 Å². The maximum absolute atomic E-state index is 11.8. The molecule has 5 heteroatoms. The maximum atomic E-state index is 11.8. The summed E-state index contributed by atoms with van der Waals surface area (Å²) in [6.45, 7) is 4.13. The Bertz CT molecular complexity index is 470. The van der Waals surface area contributed by atoms with Crippen molar-refractivity contribution in [3.05, 3.63) is 42.5 Å². The summed E-state index contributed by atoms with van der Waals surface area (Å²) in [6, 6.07) is 7.06. The van der Waals surface area contributed by atoms with Gasteiger partial charge in [-0.25, -0.2) is 0 Å². The summed E-state index contributed by atoms with van der Waals surface area (Å²) >= 11 is 0. The van der Waals surface area contributed by atoms with Crippen molar-refractivity contribution in [2.45, 2.75) is 0 Å². The lowest BCUT2D eigenvalue weighted by Gasteiger charge is -2.12. The molecular formula is C14H19N3O2. The van der Waals surface area contributed by atoms with E-state index in [9.17, 15) is 9.59 Å². The minimum atomic E-state index is -0.121. The summed E-state index contributed by atoms with van der Waals surface area (Å²) in [5, 5.41) is 5.63. The second-order valence-corrected chi connectivity index (χ2v) is 4.23. The number of benzene rings is 1. The van der Waals surface area contributed by atoms with Crippen molar-refractivity contribution < 1.29 is 9.59 Å². The van der Waals surface area contributed by atoms with Crippen LogP contribution in [0.25, 0.3) is 0 Å². The standard InChI is InChI=1S/C14H19N3O2/c1-4-8-15-13(18)10-16-12-7-5-6-11(9-12)14(19)17(2)3/h4-7,9,16H,1,8,10H2,2-3H3,(H,15,18). The van der Waals surface area contributed by atoms with E-state index in [0.717, 1.165) is 5.69 Å². The predicted octanol–water partition coefficient (Wildman–Crippen LogP) is 1.10. The minimum Gasteiger partial charge on any atom is -0.376 e. The zero-order chi connectivity index (χ0) is 14.3. The van der Waals surface area contributed by atoms with Gasteiger partial charge in [0.2, 0.25) is 5.91 Å². The summed E-state index contributed by atoms with van der Waals surface area (Å²) < 4.78 is 0. The van der Waals surface area contributed by atoms with Gasteiger partial charge in [0.1, 0.15) is 0 Å². The first-order valence-corrected chi connectivity index (χ1v) is 5.97. The monoisotopic (exact) mass is 261 g/mol. The van der Waals surface area contributed by atoms with Gasteiger partial charge in [-0.3, -0.25) is 9.59 Å². The van der Waals surface area contributed by atoms with E-state index in [1.165, 1.54) is 4.90 Å². The summed E-state index contributed by atoms with van der Waals surface area (Å²) in [4.78, 5) is 24.7. The quantitative estimate of drug-likeness (QED) is 0.754. The molecule has 0 heterocycles. The predicted molar refractivity (Wildman–Crippen MR) is 76.2 cm³/mol. The lowest BCUT2D eigenvalue weighted by Crippen LogP contribution is -2.29. The van der Waals surface area contributed by atoms with Crippen molar-refractivity contribution in [1.29, 1.82) is 0 Å². The molecule has 2 amide bonds. The van der Waals surface area contributed by atoms with Crippen LogP contribution in [0.1, 0.15) is 10.4 Å². The van der Waals surface area contributed by atoms with Crippen LogP contribution >= 0.6 is 0 Å². The van der Waals surface area contributed by atoms with E-state index < -0.39 is 0 Å². The van der Waals surface area contributed by atoms with Crippen molar-refractivity contribution in [3.8, 4) is 0 Å². The summed E-state index contributed by atoms with van der Waals surface area (Å²) in [5.41, 5.74) is 1.32. The van der Waals surface area contributed by atoms with E-state index in [1.54, 1.807) is 38.4 Å². The Labute approximate surface area is 113 Å². The molecule has 0 radical (unpaired) electrons. The van der Waals surface area contributed by atoms with Crippen molar-refractivity contribution in [2.75, 3.05) is 32.5 Å². The highest BCUT2D eigenvalue weighted by Crippen LogP contribution is 2.11. The van der Waals surface area contributed by atoms with E-state index >= 15 is 0 Å². The number of nitrogens with one attached hydrogen (secondary N) is 2. The molecule has 0 saturated carbocycles. The fourth-order valence-electron chi connectivity index (χ4n) is 1.45. The highest BCUT2D eigenvalue weighted by Gasteiger charge is 2.08. The molecule has 0 fully saturated rings. The number of carbonyl (C=O) groups is 2. The zero-order valence-corrected chi connectivity index (χ0v) is 11.3. The van der Waals surface area contributed by atoms with Gasteiger partial charge in [0, 0.05) is 31.9 Å². The molecule has 0 saturated heterocycles. The van der Waals surface area contributed by atoms with Crippen LogP contribution in [0.5, 0.6) is 0 Å². The number of rotatable bonds is 6. The van der Waals surface area contributed by atoms with Gasteiger partial charge in [0.25, 0.3) is 5.91 Å². The zero-order valence-electron chi connectivity index (χ0n) is 11.3. The Hall–Kier alpha value is -2.30. The van der Waals surface area contributed by atoms with E-state index in [4.69, 9.17) is 0 Å². The van der Waals surface area contributed by atoms with Crippen LogP contribution in [0.4, 0.5) is 5.69 Å². The number of anilines is 1. The molecular weight excluding hydrogens is 242 g/mol. The van der Waals surface area contributed by atoms with Crippen LogP contribution in [-0.4, -0.2) is 43.9 Å². The molecule has 0 unspecified atom stereocenters. The first-order chi connectivity index (χ1) is 9.04. The molecule has 5 nitrogen and oxygen atoms in total. The van der Waals surface area contributed by atoms with Crippen LogP contribution in [0.15, 0.2) is 36.9 Å². The molecule has 0 aromatic heterocycles. The molecule has 19 heavy (non-hydrogen) atoms. The van der Waals surface area contributed by atoms with Gasteiger partial charge >= 0.3 is 0 Å². The number of amides is 2. The lowest BCUT2D eigenvalue weighted by molar-refractivity contribution is -0.119. The molecule has 102 valence electrons. The molecule has 0 aliphatic rings. The summed E-state index contributed by atoms with van der Waals surface area (Å²) in [7, 11) is 3.40. The number of hydrogen-bond acceptors (Lipinski definition) is 3. The van der Waals surface area contributed by atoms with Crippen LogP contribution in [0, 0.1) is 0 Å². The van der Waals surface area contributed by atoms with E-state index in [0.29, 0.717) is 12.1 Å². The Morgan fingerprint density at radius 2 is 2.11 bits per heavy atom. The third-order valence-electron chi connectivity index (χ3n) is 2.41. The second-order valence-electron chi connectivity index (χ2n) is 4.23. The highest BCUT2D eigenvalue weighted by molar-refractivity contribution is 5.95. The fourth-order valence-corrected chi connectivity index (χ4v) is 1.45. The van der Waals surface area contributed by atoms with E-state index in [1.807, 2.05) is 6.07 Å². The SMILES string of the molecule is C=CCNC(=O)CNc1cccc(C(=O)N(C)C)c1. The number of nitrogens with zero attached hydrogens (tertiary/aromatic N) is 1. The van der Waals surface area contributed by atoms with Crippen molar-refractivity contribution in [3.63, 3.8) is 0 Å². The molecule has 1 rings (SSSR count). The molecule has 1 aromatic carbocycles. The Balaban J connectivity index is 2.60. The minimum absolute atomic E-state index is 0.0697. The summed E-state index contributed by atoms with van der Waals surface area (Å²) in [5.74, 6) is -0.191.